The molecule has 0 saturated carbocycles. The predicted octanol–water partition coefficient (Wildman–Crippen LogP) is 1.75. The van der Waals surface area contributed by atoms with Crippen molar-refractivity contribution in [3.63, 3.8) is 0 Å². The van der Waals surface area contributed by atoms with Gasteiger partial charge in [0.1, 0.15) is 0 Å². The maximum absolute atomic E-state index is 11.8. The first-order chi connectivity index (χ1) is 8.16. The van der Waals surface area contributed by atoms with Crippen LogP contribution in [0.25, 0.3) is 0 Å². The minimum Gasteiger partial charge on any atom is -0.396 e. The van der Waals surface area contributed by atoms with Gasteiger partial charge in [-0.2, -0.15) is 0 Å². The number of ketones is 1. The predicted molar refractivity (Wildman–Crippen MR) is 67.1 cm³/mol. The van der Waals surface area contributed by atoms with Crippen LogP contribution in [-0.2, 0) is 4.79 Å². The number of rotatable bonds is 4. The van der Waals surface area contributed by atoms with Crippen molar-refractivity contribution in [1.29, 1.82) is 0 Å². The Labute approximate surface area is 107 Å². The lowest BCUT2D eigenvalue weighted by atomic mass is 10.1. The zero-order valence-electron chi connectivity index (χ0n) is 9.15. The lowest BCUT2D eigenvalue weighted by Crippen LogP contribution is -2.30. The Kier molecular flexibility index (Phi) is 3.59. The Bertz CT molecular complexity index is 473. The molecule has 0 bridgehead atoms. The van der Waals surface area contributed by atoms with Crippen LogP contribution >= 0.6 is 15.9 Å². The summed E-state index contributed by atoms with van der Waals surface area (Å²) in [5.74, 6) is -0.943. The number of nitrogens with zero attached hydrogens (tertiary/aromatic N) is 1. The molecule has 0 spiro atoms. The van der Waals surface area contributed by atoms with Crippen molar-refractivity contribution in [2.75, 3.05) is 18.1 Å². The van der Waals surface area contributed by atoms with Gasteiger partial charge in [-0.3, -0.25) is 9.59 Å². The van der Waals surface area contributed by atoms with E-state index in [-0.39, 0.29) is 6.61 Å². The van der Waals surface area contributed by atoms with E-state index in [4.69, 9.17) is 5.11 Å². The highest BCUT2D eigenvalue weighted by molar-refractivity contribution is 9.10. The highest BCUT2D eigenvalue weighted by Crippen LogP contribution is 2.34. The van der Waals surface area contributed by atoms with Crippen LogP contribution in [0.15, 0.2) is 22.7 Å². The molecule has 1 aliphatic heterocycles. The molecule has 17 heavy (non-hydrogen) atoms. The van der Waals surface area contributed by atoms with Gasteiger partial charge in [0.15, 0.2) is 0 Å². The summed E-state index contributed by atoms with van der Waals surface area (Å²) in [6.45, 7) is 0.565. The molecule has 1 aromatic rings. The van der Waals surface area contributed by atoms with Crippen LogP contribution in [0.2, 0.25) is 0 Å². The van der Waals surface area contributed by atoms with Gasteiger partial charge >= 0.3 is 0 Å². The molecule has 4 nitrogen and oxygen atoms in total. The van der Waals surface area contributed by atoms with Gasteiger partial charge in [-0.25, -0.2) is 0 Å². The number of fused-ring (bicyclic) bond motifs is 1. The third-order valence-corrected chi connectivity index (χ3v) is 3.40. The Balaban J connectivity index is 2.29. The lowest BCUT2D eigenvalue weighted by Gasteiger charge is -2.15. The Morgan fingerprint density at radius 1 is 1.24 bits per heavy atom. The van der Waals surface area contributed by atoms with Gasteiger partial charge in [-0.1, -0.05) is 6.07 Å². The molecule has 2 rings (SSSR count). The lowest BCUT2D eigenvalue weighted by molar-refractivity contribution is -0.114. The van der Waals surface area contributed by atoms with Crippen LogP contribution in [0, 0.1) is 0 Å². The normalized spacial score (nSPS) is 14.4. The maximum atomic E-state index is 11.8. The van der Waals surface area contributed by atoms with Gasteiger partial charge in [0, 0.05) is 17.6 Å². The Morgan fingerprint density at radius 2 is 2.00 bits per heavy atom. The van der Waals surface area contributed by atoms with Gasteiger partial charge in [-0.05, 0) is 40.9 Å². The molecule has 0 aromatic heterocycles. The maximum Gasteiger partial charge on any atom is 0.299 e. The van der Waals surface area contributed by atoms with Crippen LogP contribution in [0.3, 0.4) is 0 Å². The second-order valence-electron chi connectivity index (χ2n) is 3.85. The molecule has 0 atom stereocenters. The second-order valence-corrected chi connectivity index (χ2v) is 4.70. The number of unbranched alkanes of at least 4 members (excludes halogenated alkanes) is 1. The van der Waals surface area contributed by atoms with Crippen molar-refractivity contribution in [1.82, 2.24) is 0 Å². The summed E-state index contributed by atoms with van der Waals surface area (Å²) in [6, 6.07) is 5.32. The average Bonchev–Trinajstić information content (AvgIpc) is 2.55. The minimum atomic E-state index is -0.482. The van der Waals surface area contributed by atoms with Crippen LogP contribution in [0.5, 0.6) is 0 Å². The third-order valence-electron chi connectivity index (χ3n) is 2.74. The summed E-state index contributed by atoms with van der Waals surface area (Å²) in [5.41, 5.74) is 1.11. The number of amides is 1. The van der Waals surface area contributed by atoms with E-state index in [2.05, 4.69) is 15.9 Å². The first-order valence-corrected chi connectivity index (χ1v) is 6.21. The number of Topliss-reactive ketones (excluding diaryl/α,β-unsaturated/α-hetero) is 1. The molecule has 0 unspecified atom stereocenters. The molecule has 1 aromatic carbocycles. The highest BCUT2D eigenvalue weighted by Gasteiger charge is 2.36. The number of carbonyl (C=O) groups excluding carboxylic acids is 2. The average molecular weight is 298 g/mol. The number of hydrogen-bond donors (Lipinski definition) is 1. The number of hydrogen-bond acceptors (Lipinski definition) is 3. The molecule has 5 heteroatoms. The quantitative estimate of drug-likeness (QED) is 0.680. The van der Waals surface area contributed by atoms with E-state index in [0.717, 1.165) is 0 Å². The molecular weight excluding hydrogens is 286 g/mol. The Hall–Kier alpha value is -1.20. The van der Waals surface area contributed by atoms with Crippen molar-refractivity contribution in [2.45, 2.75) is 12.8 Å². The largest absolute Gasteiger partial charge is 0.396 e. The highest BCUT2D eigenvalue weighted by atomic mass is 79.9. The van der Waals surface area contributed by atoms with Gasteiger partial charge in [-0.15, -0.1) is 0 Å². The van der Waals surface area contributed by atoms with Gasteiger partial charge in [0.05, 0.1) is 11.3 Å². The van der Waals surface area contributed by atoms with Crippen molar-refractivity contribution in [3.8, 4) is 0 Å². The van der Waals surface area contributed by atoms with Crippen molar-refractivity contribution >= 4 is 33.3 Å². The molecule has 1 aliphatic rings. The number of anilines is 1. The SMILES string of the molecule is O=C1C(=O)N(CCCCO)c2cccc(Br)c21. The van der Waals surface area contributed by atoms with Gasteiger partial charge < -0.3 is 10.0 Å². The van der Waals surface area contributed by atoms with E-state index in [1.54, 1.807) is 18.2 Å². The second kappa shape index (κ2) is 4.98. The zero-order chi connectivity index (χ0) is 12.4. The minimum absolute atomic E-state index is 0.0985. The number of halogens is 1. The number of benzene rings is 1. The molecule has 0 saturated heterocycles. The van der Waals surface area contributed by atoms with Crippen molar-refractivity contribution in [3.05, 3.63) is 28.2 Å². The van der Waals surface area contributed by atoms with Crippen LogP contribution in [-0.4, -0.2) is 29.9 Å². The van der Waals surface area contributed by atoms with Gasteiger partial charge in [0.25, 0.3) is 11.7 Å². The molecule has 0 aliphatic carbocycles. The Morgan fingerprint density at radius 3 is 2.71 bits per heavy atom. The fourth-order valence-corrected chi connectivity index (χ4v) is 2.44. The van der Waals surface area contributed by atoms with E-state index in [0.29, 0.717) is 35.1 Å². The topological polar surface area (TPSA) is 57.6 Å². The summed E-state index contributed by atoms with van der Waals surface area (Å²) in [6.07, 6.45) is 1.31. The van der Waals surface area contributed by atoms with Crippen LogP contribution in [0.4, 0.5) is 5.69 Å². The first-order valence-electron chi connectivity index (χ1n) is 5.42. The number of carbonyl (C=O) groups is 2. The molecule has 1 N–H and O–H groups in total. The van der Waals surface area contributed by atoms with E-state index in [1.807, 2.05) is 0 Å². The standard InChI is InChI=1S/C12H12BrNO3/c13-8-4-3-5-9-10(8)11(16)12(17)14(9)6-1-2-7-15/h3-5,15H,1-2,6-7H2. The monoisotopic (exact) mass is 297 g/mol. The first kappa shape index (κ1) is 12.3. The summed E-state index contributed by atoms with van der Waals surface area (Å²) in [7, 11) is 0. The molecule has 1 amide bonds. The van der Waals surface area contributed by atoms with E-state index in [1.165, 1.54) is 4.90 Å². The van der Waals surface area contributed by atoms with Crippen LogP contribution < -0.4 is 4.90 Å². The van der Waals surface area contributed by atoms with Crippen molar-refractivity contribution < 1.29 is 14.7 Å². The molecule has 0 radical (unpaired) electrons. The van der Waals surface area contributed by atoms with E-state index < -0.39 is 11.7 Å². The van der Waals surface area contributed by atoms with Gasteiger partial charge in [0.2, 0.25) is 0 Å². The summed E-state index contributed by atoms with van der Waals surface area (Å²) >= 11 is 3.28. The number of aliphatic hydroxyl groups excluding tert-OH is 1. The summed E-state index contributed by atoms with van der Waals surface area (Å²) in [4.78, 5) is 25.1. The fourth-order valence-electron chi connectivity index (χ4n) is 1.91. The van der Waals surface area contributed by atoms with Crippen molar-refractivity contribution in [2.24, 2.45) is 0 Å². The zero-order valence-corrected chi connectivity index (χ0v) is 10.7. The summed E-state index contributed by atoms with van der Waals surface area (Å²) in [5, 5.41) is 8.72. The smallest absolute Gasteiger partial charge is 0.299 e. The number of aliphatic hydroxyl groups is 1. The molecule has 0 fully saturated rings. The molecule has 1 heterocycles. The van der Waals surface area contributed by atoms with Crippen LogP contribution in [0.1, 0.15) is 23.2 Å². The van der Waals surface area contributed by atoms with E-state index >= 15 is 0 Å². The summed E-state index contributed by atoms with van der Waals surface area (Å²) < 4.78 is 0.651. The molecule has 90 valence electrons. The molecular formula is C12H12BrNO3. The third kappa shape index (κ3) is 2.12. The fraction of sp³-hybridized carbons (Fsp3) is 0.333. The van der Waals surface area contributed by atoms with E-state index in [9.17, 15) is 9.59 Å².